The van der Waals surface area contributed by atoms with Crippen molar-refractivity contribution in [2.24, 2.45) is 0 Å². The van der Waals surface area contributed by atoms with E-state index >= 15 is 0 Å². The molecule has 6 heteroatoms. The molecule has 0 N–H and O–H groups in total. The molecule has 282 valence electrons. The molecule has 3 aromatic heterocycles. The van der Waals surface area contributed by atoms with Crippen LogP contribution in [0.4, 0.5) is 5.69 Å². The first kappa shape index (κ1) is 35.1. The highest BCUT2D eigenvalue weighted by Gasteiger charge is 2.22. The lowest BCUT2D eigenvalue weighted by atomic mass is 10.0. The van der Waals surface area contributed by atoms with E-state index in [-0.39, 0.29) is 0 Å². The second kappa shape index (κ2) is 14.1. The van der Waals surface area contributed by atoms with Crippen molar-refractivity contribution in [1.82, 2.24) is 24.1 Å². The summed E-state index contributed by atoms with van der Waals surface area (Å²) in [6.45, 7) is 12.4. The van der Waals surface area contributed by atoms with Crippen LogP contribution in [0.2, 0.25) is 0 Å². The van der Waals surface area contributed by atoms with Gasteiger partial charge in [0.25, 0.3) is 0 Å². The largest absolute Gasteiger partial charge is 0.309 e. The molecule has 0 saturated heterocycles. The van der Waals surface area contributed by atoms with Crippen molar-refractivity contribution in [3.05, 3.63) is 205 Å². The number of aromatic nitrogens is 5. The summed E-state index contributed by atoms with van der Waals surface area (Å²) in [4.78, 5) is 19.7. The lowest BCUT2D eigenvalue weighted by Crippen LogP contribution is -2.08. The summed E-state index contributed by atoms with van der Waals surface area (Å²) in [5.74, 6) is 1.53. The molecule has 0 radical (unpaired) electrons. The van der Waals surface area contributed by atoms with E-state index < -0.39 is 0 Å². The Morgan fingerprint density at radius 3 is 1.40 bits per heavy atom. The van der Waals surface area contributed by atoms with Crippen molar-refractivity contribution in [3.8, 4) is 56.7 Å². The molecule has 8 aromatic carbocycles. The van der Waals surface area contributed by atoms with Gasteiger partial charge in [-0.15, -0.1) is 0 Å². The smallest absolute Gasteiger partial charge is 0.238 e. The number of aryl methyl sites for hydroxylation is 2. The third-order valence-corrected chi connectivity index (χ3v) is 11.5. The van der Waals surface area contributed by atoms with Crippen LogP contribution in [-0.4, -0.2) is 24.1 Å². The third-order valence-electron chi connectivity index (χ3n) is 11.5. The van der Waals surface area contributed by atoms with E-state index in [1.165, 1.54) is 11.1 Å². The standard InChI is InChI=1S/C54H36N6/c1-34-19-24-49-42(29-34)43-30-35(2)20-25-50(43)60(49)54-57-52(38-17-11-6-12-18-38)56-53(58-54)46-33-41(55-3)23-28-51(46)59-47-26-21-39(36-13-7-4-8-14-36)31-44(47)45-32-40(22-27-48(45)59)37-15-9-5-10-16-37/h4-33H,1-2H3. The Hall–Kier alpha value is -8.14. The van der Waals surface area contributed by atoms with Gasteiger partial charge in [-0.05, 0) is 96.8 Å². The van der Waals surface area contributed by atoms with Gasteiger partial charge in [0.15, 0.2) is 17.3 Å². The Labute approximate surface area is 347 Å². The molecular weight excluding hydrogens is 733 g/mol. The van der Waals surface area contributed by atoms with Crippen molar-refractivity contribution in [1.29, 1.82) is 0 Å². The monoisotopic (exact) mass is 768 g/mol. The average Bonchev–Trinajstić information content (AvgIpc) is 3.80. The molecule has 0 unspecified atom stereocenters. The van der Waals surface area contributed by atoms with Crippen LogP contribution in [-0.2, 0) is 0 Å². The van der Waals surface area contributed by atoms with E-state index in [4.69, 9.17) is 21.5 Å². The molecule has 0 bridgehead atoms. The predicted octanol–water partition coefficient (Wildman–Crippen LogP) is 13.9. The van der Waals surface area contributed by atoms with Crippen LogP contribution in [0.1, 0.15) is 11.1 Å². The fourth-order valence-corrected chi connectivity index (χ4v) is 8.64. The zero-order chi connectivity index (χ0) is 40.3. The maximum Gasteiger partial charge on any atom is 0.238 e. The number of hydrogen-bond acceptors (Lipinski definition) is 3. The first-order valence-corrected chi connectivity index (χ1v) is 20.1. The zero-order valence-corrected chi connectivity index (χ0v) is 33.0. The van der Waals surface area contributed by atoms with E-state index in [0.717, 1.165) is 82.7 Å². The van der Waals surface area contributed by atoms with Crippen LogP contribution < -0.4 is 0 Å². The summed E-state index contributed by atoms with van der Waals surface area (Å²) in [7, 11) is 0. The summed E-state index contributed by atoms with van der Waals surface area (Å²) in [5.41, 5.74) is 14.0. The lowest BCUT2D eigenvalue weighted by molar-refractivity contribution is 0.951. The van der Waals surface area contributed by atoms with Crippen LogP contribution in [0.5, 0.6) is 0 Å². The molecule has 0 aliphatic carbocycles. The molecule has 0 fully saturated rings. The molecule has 11 rings (SSSR count). The van der Waals surface area contributed by atoms with Crippen molar-refractivity contribution in [2.45, 2.75) is 13.8 Å². The van der Waals surface area contributed by atoms with Gasteiger partial charge in [0.2, 0.25) is 5.95 Å². The van der Waals surface area contributed by atoms with E-state index in [2.05, 4.69) is 149 Å². The van der Waals surface area contributed by atoms with Gasteiger partial charge in [0.1, 0.15) is 0 Å². The molecule has 0 aliphatic heterocycles. The van der Waals surface area contributed by atoms with Crippen molar-refractivity contribution < 1.29 is 0 Å². The van der Waals surface area contributed by atoms with Crippen molar-refractivity contribution in [2.75, 3.05) is 0 Å². The van der Waals surface area contributed by atoms with Crippen molar-refractivity contribution in [3.63, 3.8) is 0 Å². The highest BCUT2D eigenvalue weighted by molar-refractivity contribution is 6.12. The minimum absolute atomic E-state index is 0.477. The van der Waals surface area contributed by atoms with Crippen LogP contribution in [0.25, 0.3) is 105 Å². The topological polar surface area (TPSA) is 52.9 Å². The number of hydrogen-bond donors (Lipinski definition) is 0. The number of benzene rings is 8. The van der Waals surface area contributed by atoms with Gasteiger partial charge in [-0.1, -0.05) is 132 Å². The van der Waals surface area contributed by atoms with Crippen molar-refractivity contribution >= 4 is 49.3 Å². The first-order valence-electron chi connectivity index (χ1n) is 20.1. The second-order valence-corrected chi connectivity index (χ2v) is 15.4. The minimum atomic E-state index is 0.477. The molecule has 6 nitrogen and oxygen atoms in total. The minimum Gasteiger partial charge on any atom is -0.309 e. The summed E-state index contributed by atoms with van der Waals surface area (Å²) < 4.78 is 4.45. The van der Waals surface area contributed by atoms with Crippen LogP contribution in [0.15, 0.2) is 182 Å². The summed E-state index contributed by atoms with van der Waals surface area (Å²) in [5, 5.41) is 4.54. The number of fused-ring (bicyclic) bond motifs is 6. The van der Waals surface area contributed by atoms with E-state index in [1.807, 2.05) is 60.7 Å². The molecule has 3 heterocycles. The number of rotatable bonds is 6. The number of nitrogens with zero attached hydrogens (tertiary/aromatic N) is 6. The molecule has 0 saturated carbocycles. The molecule has 0 amide bonds. The second-order valence-electron chi connectivity index (χ2n) is 15.4. The predicted molar refractivity (Wildman–Crippen MR) is 246 cm³/mol. The molecule has 60 heavy (non-hydrogen) atoms. The van der Waals surface area contributed by atoms with Gasteiger partial charge in [-0.3, -0.25) is 4.57 Å². The molecule has 11 aromatic rings. The Morgan fingerprint density at radius 2 is 0.867 bits per heavy atom. The van der Waals surface area contributed by atoms with Gasteiger partial charge in [-0.25, -0.2) is 9.83 Å². The summed E-state index contributed by atoms with van der Waals surface area (Å²) in [6, 6.07) is 63.4. The Kier molecular flexibility index (Phi) is 8.21. The first-order chi connectivity index (χ1) is 29.5. The Balaban J connectivity index is 1.21. The SMILES string of the molecule is [C-]#[N+]c1ccc(-n2c3ccc(-c4ccccc4)cc3c3cc(-c4ccccc4)ccc32)c(-c2nc(-c3ccccc3)nc(-n3c4ccc(C)cc4c4cc(C)ccc43)n2)c1. The lowest BCUT2D eigenvalue weighted by Gasteiger charge is -2.16. The maximum absolute atomic E-state index is 8.13. The molecule has 0 spiro atoms. The van der Waals surface area contributed by atoms with Crippen LogP contribution in [0.3, 0.4) is 0 Å². The average molecular weight is 769 g/mol. The highest BCUT2D eigenvalue weighted by atomic mass is 15.2. The van der Waals surface area contributed by atoms with Gasteiger partial charge in [0.05, 0.1) is 34.3 Å². The molecule has 0 aliphatic rings. The van der Waals surface area contributed by atoms with E-state index in [0.29, 0.717) is 23.3 Å². The van der Waals surface area contributed by atoms with Gasteiger partial charge >= 0.3 is 0 Å². The molecular formula is C54H36N6. The summed E-state index contributed by atoms with van der Waals surface area (Å²) >= 11 is 0. The fraction of sp³-hybridized carbons (Fsp3) is 0.0370. The van der Waals surface area contributed by atoms with Gasteiger partial charge in [0, 0.05) is 32.7 Å². The normalized spacial score (nSPS) is 11.5. The highest BCUT2D eigenvalue weighted by Crippen LogP contribution is 2.41. The van der Waals surface area contributed by atoms with Crippen LogP contribution in [0, 0.1) is 20.4 Å². The summed E-state index contributed by atoms with van der Waals surface area (Å²) in [6.07, 6.45) is 0. The van der Waals surface area contributed by atoms with Gasteiger partial charge < -0.3 is 4.57 Å². The van der Waals surface area contributed by atoms with Gasteiger partial charge in [-0.2, -0.15) is 9.97 Å². The Morgan fingerprint density at radius 1 is 0.400 bits per heavy atom. The van der Waals surface area contributed by atoms with E-state index in [1.54, 1.807) is 0 Å². The Bertz CT molecular complexity index is 3350. The molecule has 0 atom stereocenters. The van der Waals surface area contributed by atoms with Crippen LogP contribution >= 0.6 is 0 Å². The maximum atomic E-state index is 8.13. The van der Waals surface area contributed by atoms with E-state index in [9.17, 15) is 0 Å². The fourth-order valence-electron chi connectivity index (χ4n) is 8.64. The quantitative estimate of drug-likeness (QED) is 0.158. The zero-order valence-electron chi connectivity index (χ0n) is 33.0. The third kappa shape index (κ3) is 5.83.